The molecular weight excluding hydrogens is 295 g/mol. The Morgan fingerprint density at radius 3 is 2.81 bits per heavy atom. The van der Waals surface area contributed by atoms with Gasteiger partial charge in [0.25, 0.3) is 0 Å². The first kappa shape index (κ1) is 17.9. The minimum Gasteiger partial charge on any atom is -0.383 e. The molecule has 3 atom stereocenters. The molecule has 118 valence electrons. The average Bonchev–Trinajstić information content (AvgIpc) is 2.80. The molecule has 0 radical (unpaired) electrons. The summed E-state index contributed by atoms with van der Waals surface area (Å²) in [6, 6.07) is 5.68. The highest BCUT2D eigenvalue weighted by Gasteiger charge is 2.37. The van der Waals surface area contributed by atoms with Crippen LogP contribution in [0.1, 0.15) is 24.9 Å². The minimum absolute atomic E-state index is 0. The molecule has 0 aromatic heterocycles. The van der Waals surface area contributed by atoms with Gasteiger partial charge < -0.3 is 15.4 Å². The van der Waals surface area contributed by atoms with Gasteiger partial charge in [-0.2, -0.15) is 0 Å². The van der Waals surface area contributed by atoms with E-state index in [-0.39, 0.29) is 36.8 Å². The van der Waals surface area contributed by atoms with E-state index in [9.17, 15) is 9.18 Å². The van der Waals surface area contributed by atoms with Crippen molar-refractivity contribution in [3.05, 3.63) is 35.6 Å². The fourth-order valence-corrected chi connectivity index (χ4v) is 2.79. The van der Waals surface area contributed by atoms with Crippen LogP contribution in [0.3, 0.4) is 0 Å². The number of carbonyl (C=O) groups is 1. The summed E-state index contributed by atoms with van der Waals surface area (Å²) in [5.74, 6) is -0.118. The maximum absolute atomic E-state index is 14.0. The third-order valence-corrected chi connectivity index (χ3v) is 3.72. The lowest BCUT2D eigenvalue weighted by Gasteiger charge is -2.27. The highest BCUT2D eigenvalue weighted by molar-refractivity contribution is 5.85. The van der Waals surface area contributed by atoms with Gasteiger partial charge in [-0.1, -0.05) is 25.1 Å². The van der Waals surface area contributed by atoms with E-state index in [1.807, 2.05) is 0 Å². The lowest BCUT2D eigenvalue weighted by molar-refractivity contribution is -0.134. The number of hydrogen-bond acceptors (Lipinski definition) is 3. The molecule has 2 N–H and O–H groups in total. The van der Waals surface area contributed by atoms with Crippen molar-refractivity contribution in [2.75, 3.05) is 20.3 Å². The smallest absolute Gasteiger partial charge is 0.242 e. The van der Waals surface area contributed by atoms with Gasteiger partial charge in [0.05, 0.1) is 12.6 Å². The molecular formula is C15H22ClFN2O2. The number of halogens is 2. The lowest BCUT2D eigenvalue weighted by atomic mass is 10.0. The summed E-state index contributed by atoms with van der Waals surface area (Å²) in [5, 5.41) is 0. The van der Waals surface area contributed by atoms with Crippen LogP contribution in [0.25, 0.3) is 0 Å². The predicted octanol–water partition coefficient (Wildman–Crippen LogP) is 2.13. The van der Waals surface area contributed by atoms with Crippen LogP contribution in [0.5, 0.6) is 0 Å². The van der Waals surface area contributed by atoms with Crippen LogP contribution in [0.2, 0.25) is 0 Å². The fourth-order valence-electron chi connectivity index (χ4n) is 2.79. The number of likely N-dealkylation sites (tertiary alicyclic amines) is 1. The van der Waals surface area contributed by atoms with E-state index in [4.69, 9.17) is 10.5 Å². The summed E-state index contributed by atoms with van der Waals surface area (Å²) in [6.45, 7) is 2.84. The van der Waals surface area contributed by atoms with E-state index in [0.717, 1.165) is 6.42 Å². The van der Waals surface area contributed by atoms with E-state index >= 15 is 0 Å². The zero-order chi connectivity index (χ0) is 14.7. The van der Waals surface area contributed by atoms with E-state index in [1.165, 1.54) is 13.2 Å². The van der Waals surface area contributed by atoms with E-state index in [0.29, 0.717) is 18.0 Å². The van der Waals surface area contributed by atoms with E-state index in [1.54, 1.807) is 23.1 Å². The van der Waals surface area contributed by atoms with Gasteiger partial charge in [-0.15, -0.1) is 12.4 Å². The summed E-state index contributed by atoms with van der Waals surface area (Å²) in [4.78, 5) is 14.1. The second-order valence-corrected chi connectivity index (χ2v) is 5.43. The van der Waals surface area contributed by atoms with Gasteiger partial charge in [-0.05, 0) is 18.4 Å². The Morgan fingerprint density at radius 2 is 2.19 bits per heavy atom. The molecule has 1 amide bonds. The Labute approximate surface area is 130 Å². The Kier molecular flexibility index (Phi) is 6.58. The molecule has 1 fully saturated rings. The van der Waals surface area contributed by atoms with Crippen LogP contribution in [0.4, 0.5) is 4.39 Å². The number of rotatable bonds is 4. The standard InChI is InChI=1S/C15H21FN2O2.ClH/c1-10-7-14(11-5-3-4-6-12(11)16)18(8-10)15(19)13(17)9-20-2;/h3-6,10,13-14H,7-9,17H2,1-2H3;1H. The van der Waals surface area contributed by atoms with Crippen molar-refractivity contribution in [1.29, 1.82) is 0 Å². The number of amides is 1. The minimum atomic E-state index is -0.695. The monoisotopic (exact) mass is 316 g/mol. The van der Waals surface area contributed by atoms with Gasteiger partial charge in [-0.3, -0.25) is 4.79 Å². The normalized spacial score (nSPS) is 22.8. The zero-order valence-electron chi connectivity index (χ0n) is 12.3. The lowest BCUT2D eigenvalue weighted by Crippen LogP contribution is -2.46. The second kappa shape index (κ2) is 7.73. The number of ether oxygens (including phenoxy) is 1. The number of methoxy groups -OCH3 is 1. The third-order valence-electron chi connectivity index (χ3n) is 3.72. The molecule has 4 nitrogen and oxygen atoms in total. The van der Waals surface area contributed by atoms with Gasteiger partial charge in [0.15, 0.2) is 0 Å². The molecule has 0 saturated carbocycles. The summed E-state index contributed by atoms with van der Waals surface area (Å²) >= 11 is 0. The van der Waals surface area contributed by atoms with Crippen LogP contribution in [0.15, 0.2) is 24.3 Å². The molecule has 1 aliphatic rings. The SMILES string of the molecule is COCC(N)C(=O)N1CC(C)CC1c1ccccc1F.Cl. The van der Waals surface area contributed by atoms with Crippen LogP contribution in [0, 0.1) is 11.7 Å². The first-order chi connectivity index (χ1) is 9.54. The number of benzene rings is 1. The van der Waals surface area contributed by atoms with Gasteiger partial charge in [0.2, 0.25) is 5.91 Å². The van der Waals surface area contributed by atoms with E-state index < -0.39 is 6.04 Å². The molecule has 1 saturated heterocycles. The molecule has 1 heterocycles. The topological polar surface area (TPSA) is 55.6 Å². The Balaban J connectivity index is 0.00000220. The van der Waals surface area contributed by atoms with Crippen molar-refractivity contribution in [2.45, 2.75) is 25.4 Å². The van der Waals surface area contributed by atoms with Crippen molar-refractivity contribution >= 4 is 18.3 Å². The molecule has 0 bridgehead atoms. The second-order valence-electron chi connectivity index (χ2n) is 5.43. The average molecular weight is 317 g/mol. The predicted molar refractivity (Wildman–Crippen MR) is 81.7 cm³/mol. The van der Waals surface area contributed by atoms with Gasteiger partial charge in [0, 0.05) is 19.2 Å². The molecule has 1 aliphatic heterocycles. The van der Waals surface area contributed by atoms with Crippen molar-refractivity contribution in [2.24, 2.45) is 11.7 Å². The first-order valence-electron chi connectivity index (χ1n) is 6.84. The van der Waals surface area contributed by atoms with Crippen LogP contribution in [-0.2, 0) is 9.53 Å². The summed E-state index contributed by atoms with van der Waals surface area (Å²) in [6.07, 6.45) is 0.756. The molecule has 0 spiro atoms. The molecule has 21 heavy (non-hydrogen) atoms. The highest BCUT2D eigenvalue weighted by Crippen LogP contribution is 2.36. The van der Waals surface area contributed by atoms with Crippen LogP contribution >= 0.6 is 12.4 Å². The van der Waals surface area contributed by atoms with Crippen LogP contribution < -0.4 is 5.73 Å². The Morgan fingerprint density at radius 1 is 1.52 bits per heavy atom. The van der Waals surface area contributed by atoms with Crippen molar-refractivity contribution in [1.82, 2.24) is 4.90 Å². The number of nitrogens with two attached hydrogens (primary N) is 1. The summed E-state index contributed by atoms with van der Waals surface area (Å²) in [7, 11) is 1.51. The van der Waals surface area contributed by atoms with Crippen LogP contribution in [-0.4, -0.2) is 37.1 Å². The fraction of sp³-hybridized carbons (Fsp3) is 0.533. The maximum atomic E-state index is 14.0. The molecule has 1 aromatic carbocycles. The van der Waals surface area contributed by atoms with E-state index in [2.05, 4.69) is 6.92 Å². The Bertz CT molecular complexity index is 486. The van der Waals surface area contributed by atoms with Gasteiger partial charge >= 0.3 is 0 Å². The third kappa shape index (κ3) is 3.93. The first-order valence-corrected chi connectivity index (χ1v) is 6.84. The van der Waals surface area contributed by atoms with Gasteiger partial charge in [-0.25, -0.2) is 4.39 Å². The van der Waals surface area contributed by atoms with Gasteiger partial charge in [0.1, 0.15) is 11.9 Å². The zero-order valence-corrected chi connectivity index (χ0v) is 13.1. The summed E-state index contributed by atoms with van der Waals surface area (Å²) in [5.41, 5.74) is 6.39. The summed E-state index contributed by atoms with van der Waals surface area (Å²) < 4.78 is 18.9. The largest absolute Gasteiger partial charge is 0.383 e. The Hall–Kier alpha value is -1.17. The van der Waals surface area contributed by atoms with Crippen molar-refractivity contribution in [3.63, 3.8) is 0 Å². The molecule has 2 rings (SSSR count). The molecule has 0 aliphatic carbocycles. The molecule has 1 aromatic rings. The number of nitrogens with zero attached hydrogens (tertiary/aromatic N) is 1. The molecule has 3 unspecified atom stereocenters. The van der Waals surface area contributed by atoms with Crippen molar-refractivity contribution < 1.29 is 13.9 Å². The highest BCUT2D eigenvalue weighted by atomic mass is 35.5. The molecule has 6 heteroatoms. The number of carbonyl (C=O) groups excluding carboxylic acids is 1. The van der Waals surface area contributed by atoms with Crippen molar-refractivity contribution in [3.8, 4) is 0 Å². The quantitative estimate of drug-likeness (QED) is 0.926. The maximum Gasteiger partial charge on any atom is 0.242 e. The number of hydrogen-bond donors (Lipinski definition) is 1.